The predicted octanol–water partition coefficient (Wildman–Crippen LogP) is 1.43. The Balaban J connectivity index is 2.56. The summed E-state index contributed by atoms with van der Waals surface area (Å²) in [6.45, 7) is 6.92. The molecule has 1 heterocycles. The molecule has 15 heavy (non-hydrogen) atoms. The number of nitrogens with one attached hydrogen (secondary N) is 1. The van der Waals surface area contributed by atoms with Crippen LogP contribution in [0.3, 0.4) is 0 Å². The minimum Gasteiger partial charge on any atom is -0.479 e. The van der Waals surface area contributed by atoms with Gasteiger partial charge in [0.2, 0.25) is 0 Å². The van der Waals surface area contributed by atoms with Crippen molar-refractivity contribution in [3.8, 4) is 0 Å². The van der Waals surface area contributed by atoms with E-state index in [1.807, 2.05) is 0 Å². The van der Waals surface area contributed by atoms with E-state index in [9.17, 15) is 9.59 Å². The highest BCUT2D eigenvalue weighted by Crippen LogP contribution is 2.51. The second-order valence-corrected chi connectivity index (χ2v) is 6.01. The van der Waals surface area contributed by atoms with E-state index in [0.29, 0.717) is 0 Å². The molecule has 0 aliphatic carbocycles. The summed E-state index contributed by atoms with van der Waals surface area (Å²) >= 11 is 1.19. The summed E-state index contributed by atoms with van der Waals surface area (Å²) in [6.07, 6.45) is -0.693. The molecule has 0 spiro atoms. The number of carboxylic acids is 1. The number of hydrogen-bond donors (Lipinski definition) is 2. The summed E-state index contributed by atoms with van der Waals surface area (Å²) in [5.41, 5.74) is -0.618. The van der Waals surface area contributed by atoms with Crippen molar-refractivity contribution < 1.29 is 19.4 Å². The van der Waals surface area contributed by atoms with Gasteiger partial charge >= 0.3 is 12.1 Å². The average Bonchev–Trinajstić information content (AvgIpc) is 2.57. The Kier molecular flexibility index (Phi) is 2.91. The first-order valence-electron chi connectivity index (χ1n) is 4.60. The van der Waals surface area contributed by atoms with Crippen LogP contribution in [0.1, 0.15) is 27.7 Å². The molecule has 2 N–H and O–H groups in total. The van der Waals surface area contributed by atoms with Gasteiger partial charge in [0.25, 0.3) is 0 Å². The lowest BCUT2D eigenvalue weighted by atomic mass is 10.2. The third kappa shape index (κ3) is 2.77. The highest BCUT2D eigenvalue weighted by Gasteiger charge is 2.61. The Hall–Kier alpha value is -0.910. The van der Waals surface area contributed by atoms with Gasteiger partial charge in [-0.15, -0.1) is 11.8 Å². The third-order valence-electron chi connectivity index (χ3n) is 1.88. The summed E-state index contributed by atoms with van der Waals surface area (Å²) < 4.78 is 4.99. The van der Waals surface area contributed by atoms with Gasteiger partial charge in [-0.25, -0.2) is 9.59 Å². The minimum atomic E-state index is -1.19. The molecule has 1 fully saturated rings. The number of carbonyl (C=O) groups excluding carboxylic acids is 1. The molecule has 1 unspecified atom stereocenters. The zero-order valence-electron chi connectivity index (χ0n) is 9.16. The first-order valence-corrected chi connectivity index (χ1v) is 5.48. The zero-order chi connectivity index (χ0) is 11.9. The molecule has 1 aliphatic heterocycles. The van der Waals surface area contributed by atoms with E-state index in [1.54, 1.807) is 27.7 Å². The van der Waals surface area contributed by atoms with Crippen LogP contribution in [-0.4, -0.2) is 32.9 Å². The van der Waals surface area contributed by atoms with Crippen LogP contribution in [0.2, 0.25) is 0 Å². The van der Waals surface area contributed by atoms with Crippen LogP contribution < -0.4 is 5.32 Å². The molecule has 0 aromatic rings. The molecule has 86 valence electrons. The summed E-state index contributed by atoms with van der Waals surface area (Å²) in [5, 5.41) is 11.2. The SMILES string of the molecule is CC1S[C@]1(NC(=O)OC(C)(C)C)C(=O)O. The summed E-state index contributed by atoms with van der Waals surface area (Å²) in [7, 11) is 0. The largest absolute Gasteiger partial charge is 0.479 e. The van der Waals surface area contributed by atoms with Gasteiger partial charge in [0.15, 0.2) is 4.87 Å². The van der Waals surface area contributed by atoms with Gasteiger partial charge in [-0.05, 0) is 27.7 Å². The van der Waals surface area contributed by atoms with Crippen molar-refractivity contribution in [1.82, 2.24) is 5.32 Å². The molecule has 0 saturated carbocycles. The number of ether oxygens (including phenoxy) is 1. The first-order chi connectivity index (χ1) is 6.67. The number of rotatable bonds is 2. The molecular formula is C9H15NO4S. The quantitative estimate of drug-likeness (QED) is 0.706. The van der Waals surface area contributed by atoms with Gasteiger partial charge in [-0.1, -0.05) is 0 Å². The summed E-state index contributed by atoms with van der Waals surface area (Å²) in [6, 6.07) is 0. The van der Waals surface area contributed by atoms with Gasteiger partial charge in [-0.2, -0.15) is 0 Å². The zero-order valence-corrected chi connectivity index (χ0v) is 9.97. The highest BCUT2D eigenvalue weighted by molar-refractivity contribution is 8.09. The van der Waals surface area contributed by atoms with Crippen LogP contribution in [0.25, 0.3) is 0 Å². The van der Waals surface area contributed by atoms with Crippen LogP contribution in [0.15, 0.2) is 0 Å². The smallest absolute Gasteiger partial charge is 0.409 e. The molecule has 1 aliphatic rings. The lowest BCUT2D eigenvalue weighted by molar-refractivity contribution is -0.139. The number of aliphatic carboxylic acids is 1. The Morgan fingerprint density at radius 2 is 1.93 bits per heavy atom. The summed E-state index contributed by atoms with van der Waals surface area (Å²) in [5.74, 6) is -1.04. The Labute approximate surface area is 92.6 Å². The van der Waals surface area contributed by atoms with E-state index in [4.69, 9.17) is 9.84 Å². The molecule has 0 aromatic heterocycles. The van der Waals surface area contributed by atoms with Crippen LogP contribution >= 0.6 is 11.8 Å². The van der Waals surface area contributed by atoms with E-state index in [0.717, 1.165) is 0 Å². The fourth-order valence-electron chi connectivity index (χ4n) is 1.11. The van der Waals surface area contributed by atoms with E-state index in [1.165, 1.54) is 11.8 Å². The average molecular weight is 233 g/mol. The molecule has 0 aromatic carbocycles. The topological polar surface area (TPSA) is 75.6 Å². The predicted molar refractivity (Wildman–Crippen MR) is 56.8 cm³/mol. The maximum Gasteiger partial charge on any atom is 0.409 e. The Bertz CT molecular complexity index is 299. The van der Waals surface area contributed by atoms with E-state index in [2.05, 4.69) is 5.32 Å². The highest BCUT2D eigenvalue weighted by atomic mass is 32.2. The lowest BCUT2D eigenvalue weighted by Gasteiger charge is -2.21. The van der Waals surface area contributed by atoms with Gasteiger partial charge in [0.05, 0.1) is 0 Å². The first kappa shape index (κ1) is 12.2. The van der Waals surface area contributed by atoms with E-state index < -0.39 is 22.5 Å². The van der Waals surface area contributed by atoms with Crippen LogP contribution in [0.4, 0.5) is 4.79 Å². The number of carboxylic acid groups (broad SMARTS) is 1. The van der Waals surface area contributed by atoms with Gasteiger partial charge in [0.1, 0.15) is 5.60 Å². The molecule has 1 amide bonds. The number of amides is 1. The van der Waals surface area contributed by atoms with Crippen molar-refractivity contribution in [2.75, 3.05) is 0 Å². The normalized spacial score (nSPS) is 29.5. The van der Waals surface area contributed by atoms with E-state index in [-0.39, 0.29) is 5.25 Å². The number of thioether (sulfide) groups is 1. The van der Waals surface area contributed by atoms with Crippen molar-refractivity contribution in [3.05, 3.63) is 0 Å². The number of alkyl carbamates (subject to hydrolysis) is 1. The molecule has 1 saturated heterocycles. The van der Waals surface area contributed by atoms with Crippen LogP contribution in [-0.2, 0) is 9.53 Å². The molecule has 5 nitrogen and oxygen atoms in total. The van der Waals surface area contributed by atoms with Crippen LogP contribution in [0.5, 0.6) is 0 Å². The summed E-state index contributed by atoms with van der Waals surface area (Å²) in [4.78, 5) is 21.1. The fourth-order valence-corrected chi connectivity index (χ4v) is 2.00. The maximum atomic E-state index is 11.4. The van der Waals surface area contributed by atoms with Gasteiger partial charge in [0, 0.05) is 5.25 Å². The van der Waals surface area contributed by atoms with Gasteiger partial charge < -0.3 is 9.84 Å². The van der Waals surface area contributed by atoms with E-state index >= 15 is 0 Å². The standard InChI is InChI=1S/C9H15NO4S/c1-5-9(15-5,6(11)12)10-7(13)14-8(2,3)4/h5H,1-4H3,(H,10,13)(H,11,12)/t5?,9-/m0/s1. The monoisotopic (exact) mass is 233 g/mol. The number of carbonyl (C=O) groups is 2. The Morgan fingerprint density at radius 3 is 2.20 bits per heavy atom. The van der Waals surface area contributed by atoms with Crippen molar-refractivity contribution in [2.24, 2.45) is 0 Å². The van der Waals surface area contributed by atoms with Crippen molar-refractivity contribution in [3.63, 3.8) is 0 Å². The molecule has 0 bridgehead atoms. The van der Waals surface area contributed by atoms with Crippen molar-refractivity contribution in [2.45, 2.75) is 43.4 Å². The minimum absolute atomic E-state index is 0.123. The van der Waals surface area contributed by atoms with Crippen molar-refractivity contribution in [1.29, 1.82) is 0 Å². The molecule has 6 heteroatoms. The number of hydrogen-bond acceptors (Lipinski definition) is 4. The van der Waals surface area contributed by atoms with Crippen LogP contribution in [0, 0.1) is 0 Å². The molecule has 2 atom stereocenters. The fraction of sp³-hybridized carbons (Fsp3) is 0.778. The second kappa shape index (κ2) is 3.59. The second-order valence-electron chi connectivity index (χ2n) is 4.43. The van der Waals surface area contributed by atoms with Crippen molar-refractivity contribution >= 4 is 23.8 Å². The molecule has 1 rings (SSSR count). The maximum absolute atomic E-state index is 11.4. The molecular weight excluding hydrogens is 218 g/mol. The Morgan fingerprint density at radius 1 is 1.47 bits per heavy atom. The third-order valence-corrected chi connectivity index (χ3v) is 3.34. The van der Waals surface area contributed by atoms with Gasteiger partial charge in [-0.3, -0.25) is 5.32 Å². The lowest BCUT2D eigenvalue weighted by Crippen LogP contribution is -2.47. The molecule has 0 radical (unpaired) electrons.